The van der Waals surface area contributed by atoms with E-state index in [1.807, 2.05) is 0 Å². The van der Waals surface area contributed by atoms with Crippen LogP contribution in [0.2, 0.25) is 5.02 Å². The van der Waals surface area contributed by atoms with Crippen LogP contribution in [-0.4, -0.2) is 38.3 Å². The van der Waals surface area contributed by atoms with Crippen LogP contribution in [0.1, 0.15) is 30.4 Å². The van der Waals surface area contributed by atoms with Crippen molar-refractivity contribution >= 4 is 27.5 Å². The van der Waals surface area contributed by atoms with Crippen molar-refractivity contribution in [2.45, 2.75) is 31.4 Å². The number of amides is 1. The van der Waals surface area contributed by atoms with Crippen LogP contribution in [0.5, 0.6) is 0 Å². The molecule has 0 aromatic heterocycles. The van der Waals surface area contributed by atoms with Gasteiger partial charge in [-0.15, -0.1) is 0 Å². The predicted molar refractivity (Wildman–Crippen MR) is 116 cm³/mol. The highest BCUT2D eigenvalue weighted by Gasteiger charge is 2.31. The van der Waals surface area contributed by atoms with Gasteiger partial charge in [-0.1, -0.05) is 35.9 Å². The van der Waals surface area contributed by atoms with Gasteiger partial charge in [0.25, 0.3) is 0 Å². The summed E-state index contributed by atoms with van der Waals surface area (Å²) in [5, 5.41) is 3.45. The second-order valence-electron chi connectivity index (χ2n) is 7.58. The second-order valence-corrected chi connectivity index (χ2v) is 9.99. The van der Waals surface area contributed by atoms with Crippen LogP contribution in [0.4, 0.5) is 4.39 Å². The number of piperidine rings is 1. The van der Waals surface area contributed by atoms with E-state index in [-0.39, 0.29) is 23.4 Å². The van der Waals surface area contributed by atoms with Gasteiger partial charge in [0.2, 0.25) is 15.9 Å². The zero-order valence-corrected chi connectivity index (χ0v) is 18.3. The lowest BCUT2D eigenvalue weighted by atomic mass is 9.97. The van der Waals surface area contributed by atoms with Crippen LogP contribution >= 0.6 is 11.6 Å². The van der Waals surface area contributed by atoms with Gasteiger partial charge in [0, 0.05) is 30.6 Å². The van der Waals surface area contributed by atoms with Crippen molar-refractivity contribution in [3.8, 4) is 0 Å². The molecule has 1 N–H and O–H groups in total. The van der Waals surface area contributed by atoms with Gasteiger partial charge in [-0.05, 0) is 61.1 Å². The van der Waals surface area contributed by atoms with Gasteiger partial charge in [-0.2, -0.15) is 0 Å². The third-order valence-corrected chi connectivity index (χ3v) is 7.40. The summed E-state index contributed by atoms with van der Waals surface area (Å²) in [7, 11) is -3.44. The summed E-state index contributed by atoms with van der Waals surface area (Å²) in [5.41, 5.74) is 1.69. The van der Waals surface area contributed by atoms with E-state index >= 15 is 0 Å². The molecule has 30 heavy (non-hydrogen) atoms. The number of aryl methyl sites for hydroxylation is 1. The fraction of sp³-hybridized carbons (Fsp3) is 0.409. The number of sulfonamides is 1. The predicted octanol–water partition coefficient (Wildman–Crippen LogP) is 3.77. The molecule has 1 aliphatic rings. The lowest BCUT2D eigenvalue weighted by molar-refractivity contribution is -0.126. The summed E-state index contributed by atoms with van der Waals surface area (Å²) in [6.07, 6.45) is 2.56. The average molecular weight is 453 g/mol. The van der Waals surface area contributed by atoms with Crippen molar-refractivity contribution in [1.29, 1.82) is 0 Å². The summed E-state index contributed by atoms with van der Waals surface area (Å²) < 4.78 is 39.7. The minimum absolute atomic E-state index is 0.0269. The molecule has 2 aromatic carbocycles. The maximum Gasteiger partial charge on any atom is 0.223 e. The highest BCUT2D eigenvalue weighted by Crippen LogP contribution is 2.22. The molecule has 0 atom stereocenters. The number of hydrogen-bond acceptors (Lipinski definition) is 3. The number of hydrogen-bond donors (Lipinski definition) is 1. The third kappa shape index (κ3) is 6.52. The van der Waals surface area contributed by atoms with Crippen molar-refractivity contribution in [3.63, 3.8) is 0 Å². The van der Waals surface area contributed by atoms with E-state index < -0.39 is 10.0 Å². The van der Waals surface area contributed by atoms with E-state index in [4.69, 9.17) is 11.6 Å². The Kier molecular flexibility index (Phi) is 7.86. The number of carbonyl (C=O) groups excluding carboxylic acids is 1. The molecule has 3 rings (SSSR count). The Hall–Kier alpha value is -1.96. The zero-order valence-electron chi connectivity index (χ0n) is 16.7. The SMILES string of the molecule is O=C(NCCCc1ccc(F)cc1)C1CCN(S(=O)(=O)Cc2cccc(Cl)c2)CC1. The van der Waals surface area contributed by atoms with Crippen LogP contribution in [0, 0.1) is 11.7 Å². The maximum absolute atomic E-state index is 12.9. The van der Waals surface area contributed by atoms with Crippen LogP contribution in [-0.2, 0) is 27.0 Å². The Morgan fingerprint density at radius 1 is 1.10 bits per heavy atom. The second kappa shape index (κ2) is 10.4. The zero-order chi connectivity index (χ0) is 21.6. The lowest BCUT2D eigenvalue weighted by Crippen LogP contribution is -2.43. The quantitative estimate of drug-likeness (QED) is 0.620. The molecule has 0 unspecified atom stereocenters. The molecule has 2 aromatic rings. The molecular formula is C22H26ClFN2O3S. The molecule has 1 heterocycles. The van der Waals surface area contributed by atoms with Gasteiger partial charge >= 0.3 is 0 Å². The summed E-state index contributed by atoms with van der Waals surface area (Å²) in [4.78, 5) is 12.4. The normalized spacial score (nSPS) is 15.8. The molecule has 1 amide bonds. The first-order valence-corrected chi connectivity index (χ1v) is 12.1. The van der Waals surface area contributed by atoms with E-state index in [1.165, 1.54) is 16.4 Å². The molecule has 1 fully saturated rings. The molecule has 1 aliphatic heterocycles. The van der Waals surface area contributed by atoms with Crippen LogP contribution in [0.3, 0.4) is 0 Å². The topological polar surface area (TPSA) is 66.5 Å². The number of nitrogens with zero attached hydrogens (tertiary/aromatic N) is 1. The van der Waals surface area contributed by atoms with Crippen molar-refractivity contribution < 1.29 is 17.6 Å². The standard InChI is InChI=1S/C22H26ClFN2O3S/c23-20-5-1-3-18(15-20)16-30(28,29)26-13-10-19(11-14-26)22(27)25-12-2-4-17-6-8-21(24)9-7-17/h1,3,5-9,15,19H,2,4,10-14,16H2,(H,25,27). The molecule has 0 spiro atoms. The van der Waals surface area contributed by atoms with Gasteiger partial charge in [0.1, 0.15) is 5.82 Å². The highest BCUT2D eigenvalue weighted by atomic mass is 35.5. The Labute approximate surface area is 182 Å². The molecule has 5 nitrogen and oxygen atoms in total. The number of halogens is 2. The maximum atomic E-state index is 12.9. The molecule has 0 aliphatic carbocycles. The van der Waals surface area contributed by atoms with Crippen molar-refractivity contribution in [1.82, 2.24) is 9.62 Å². The van der Waals surface area contributed by atoms with E-state index in [0.29, 0.717) is 43.1 Å². The fourth-order valence-corrected chi connectivity index (χ4v) is 5.39. The number of benzene rings is 2. The third-order valence-electron chi connectivity index (χ3n) is 5.31. The molecule has 0 saturated carbocycles. The molecule has 1 saturated heterocycles. The summed E-state index contributed by atoms with van der Waals surface area (Å²) >= 11 is 5.94. The van der Waals surface area contributed by atoms with Gasteiger partial charge < -0.3 is 5.32 Å². The molecule has 8 heteroatoms. The first-order valence-electron chi connectivity index (χ1n) is 10.1. The van der Waals surface area contributed by atoms with E-state index in [1.54, 1.807) is 36.4 Å². The number of rotatable bonds is 8. The minimum atomic E-state index is -3.44. The van der Waals surface area contributed by atoms with E-state index in [2.05, 4.69) is 5.32 Å². The van der Waals surface area contributed by atoms with Crippen molar-refractivity contribution in [3.05, 3.63) is 70.5 Å². The summed E-state index contributed by atoms with van der Waals surface area (Å²) in [5.74, 6) is -0.546. The summed E-state index contributed by atoms with van der Waals surface area (Å²) in [6, 6.07) is 13.2. The molecule has 0 radical (unpaired) electrons. The van der Waals surface area contributed by atoms with Gasteiger partial charge in [-0.3, -0.25) is 4.79 Å². The van der Waals surface area contributed by atoms with Crippen LogP contribution < -0.4 is 5.32 Å². The number of carbonyl (C=O) groups is 1. The van der Waals surface area contributed by atoms with Crippen molar-refractivity contribution in [2.75, 3.05) is 19.6 Å². The Balaban J connectivity index is 1.40. The highest BCUT2D eigenvalue weighted by molar-refractivity contribution is 7.88. The first kappa shape index (κ1) is 22.7. The lowest BCUT2D eigenvalue weighted by Gasteiger charge is -2.30. The van der Waals surface area contributed by atoms with Crippen molar-refractivity contribution in [2.24, 2.45) is 5.92 Å². The molecule has 162 valence electrons. The van der Waals surface area contributed by atoms with Gasteiger partial charge in [0.05, 0.1) is 5.75 Å². The Morgan fingerprint density at radius 3 is 2.47 bits per heavy atom. The van der Waals surface area contributed by atoms with Gasteiger partial charge in [0.15, 0.2) is 0 Å². The largest absolute Gasteiger partial charge is 0.356 e. The van der Waals surface area contributed by atoms with Crippen LogP contribution in [0.25, 0.3) is 0 Å². The first-order chi connectivity index (χ1) is 14.3. The van der Waals surface area contributed by atoms with Gasteiger partial charge in [-0.25, -0.2) is 17.1 Å². The molecule has 0 bridgehead atoms. The Morgan fingerprint density at radius 2 is 1.80 bits per heavy atom. The van der Waals surface area contributed by atoms with E-state index in [9.17, 15) is 17.6 Å². The van der Waals surface area contributed by atoms with Crippen LogP contribution in [0.15, 0.2) is 48.5 Å². The van der Waals surface area contributed by atoms with E-state index in [0.717, 1.165) is 18.4 Å². The average Bonchev–Trinajstić information content (AvgIpc) is 2.72. The minimum Gasteiger partial charge on any atom is -0.356 e. The summed E-state index contributed by atoms with van der Waals surface area (Å²) in [6.45, 7) is 1.23. The molecular weight excluding hydrogens is 427 g/mol. The fourth-order valence-electron chi connectivity index (χ4n) is 3.62. The smallest absolute Gasteiger partial charge is 0.223 e. The monoisotopic (exact) mass is 452 g/mol. The number of nitrogens with one attached hydrogen (secondary N) is 1. The Bertz CT molecular complexity index is 959.